The third-order valence-electron chi connectivity index (χ3n) is 24.6. The average molecular weight is 1630 g/mol. The largest absolute Gasteiger partial charge is 0.507 e. The number of aliphatic hydroxyl groups is 3. The molecular formula is C88H109N8O20S+. The molecule has 11 rings (SSSR count). The number of nitrogens with one attached hydrogen (secondary N) is 3. The van der Waals surface area contributed by atoms with Crippen molar-refractivity contribution in [2.24, 2.45) is 40.7 Å². The number of methoxy groups -OCH3 is 1. The third kappa shape index (κ3) is 19.2. The minimum atomic E-state index is -2.06. The van der Waals surface area contributed by atoms with Crippen LogP contribution >= 0.6 is 11.3 Å². The van der Waals surface area contributed by atoms with E-state index < -0.39 is 123 Å². The van der Waals surface area contributed by atoms with Gasteiger partial charge >= 0.3 is 17.8 Å². The predicted octanol–water partition coefficient (Wildman–Crippen LogP) is 10.6. The normalized spacial score (nSPS) is 24.2. The number of hydrogen-bond acceptors (Lipinski definition) is 23. The first kappa shape index (κ1) is 87.4. The number of fused-ring (bicyclic) bond motifs is 2. The Morgan fingerprint density at radius 3 is 2.18 bits per heavy atom. The number of rotatable bonds is 28. The number of phenols is 1. The van der Waals surface area contributed by atoms with E-state index >= 15 is 4.79 Å². The molecule has 4 bridgehead atoms. The molecule has 6 amide bonds. The van der Waals surface area contributed by atoms with E-state index in [4.69, 9.17) is 34.1 Å². The molecular weight excluding hydrogens is 1520 g/mol. The van der Waals surface area contributed by atoms with Crippen molar-refractivity contribution in [2.75, 3.05) is 62.9 Å². The molecule has 117 heavy (non-hydrogen) atoms. The van der Waals surface area contributed by atoms with Crippen molar-refractivity contribution in [1.82, 2.24) is 15.2 Å². The van der Waals surface area contributed by atoms with Gasteiger partial charge in [-0.05, 0) is 98.9 Å². The molecule has 11 atom stereocenters. The Morgan fingerprint density at radius 1 is 0.838 bits per heavy atom. The third-order valence-corrected chi connectivity index (χ3v) is 25.3. The Bertz CT molecular complexity index is 5100. The number of thiophene rings is 1. The Balaban J connectivity index is 0.790. The summed E-state index contributed by atoms with van der Waals surface area (Å²) in [5, 5.41) is 59.4. The van der Waals surface area contributed by atoms with Gasteiger partial charge in [-0.2, -0.15) is 11.3 Å². The Labute approximate surface area is 682 Å². The van der Waals surface area contributed by atoms with Gasteiger partial charge in [-0.15, -0.1) is 0 Å². The number of nitrogens with two attached hydrogens (primary N) is 1. The van der Waals surface area contributed by atoms with Gasteiger partial charge in [-0.3, -0.25) is 52.8 Å². The molecule has 28 nitrogen and oxygen atoms in total. The summed E-state index contributed by atoms with van der Waals surface area (Å²) in [6, 6.07) is 11.9. The van der Waals surface area contributed by atoms with Gasteiger partial charge in [-0.1, -0.05) is 77.3 Å². The maximum Gasteiger partial charge on any atom is 0.312 e. The van der Waals surface area contributed by atoms with Crippen LogP contribution in [0.1, 0.15) is 167 Å². The van der Waals surface area contributed by atoms with Crippen molar-refractivity contribution in [3.8, 4) is 11.5 Å². The second kappa shape index (κ2) is 37.0. The number of ketones is 3. The molecule has 1 aliphatic carbocycles. The molecule has 6 aromatic rings. The Kier molecular flexibility index (Phi) is 27.6. The van der Waals surface area contributed by atoms with Gasteiger partial charge in [0.15, 0.2) is 22.4 Å². The molecule has 5 aliphatic rings. The van der Waals surface area contributed by atoms with Crippen molar-refractivity contribution in [3.05, 3.63) is 144 Å². The fourth-order valence-electron chi connectivity index (χ4n) is 17.2. The Morgan fingerprint density at radius 2 is 1.53 bits per heavy atom. The number of amides is 6. The minimum Gasteiger partial charge on any atom is -0.507 e. The van der Waals surface area contributed by atoms with Crippen molar-refractivity contribution >= 4 is 120 Å². The second-order valence-corrected chi connectivity index (χ2v) is 33.8. The van der Waals surface area contributed by atoms with E-state index in [1.165, 1.54) is 87.7 Å². The number of nitrogens with zero attached hydrogens (tertiary/aromatic N) is 4. The molecule has 29 heteroatoms. The van der Waals surface area contributed by atoms with Crippen LogP contribution in [0.5, 0.6) is 11.5 Å². The quantitative estimate of drug-likeness (QED) is 0.00430. The molecule has 9 N–H and O–H groups in total. The first-order valence-electron chi connectivity index (χ1n) is 40.3. The van der Waals surface area contributed by atoms with Crippen LogP contribution < -0.4 is 47.4 Å². The molecule has 4 aromatic carbocycles. The van der Waals surface area contributed by atoms with Crippen LogP contribution in [-0.2, 0) is 59.1 Å². The summed E-state index contributed by atoms with van der Waals surface area (Å²) in [5.41, 5.74) is 4.35. The van der Waals surface area contributed by atoms with Crippen LogP contribution in [0.25, 0.3) is 38.7 Å². The molecule has 4 aliphatic heterocycles. The smallest absolute Gasteiger partial charge is 0.312 e. The summed E-state index contributed by atoms with van der Waals surface area (Å²) in [4.78, 5) is 158. The molecule has 626 valence electrons. The number of esters is 1. The van der Waals surface area contributed by atoms with E-state index in [2.05, 4.69) is 34.9 Å². The molecule has 2 fully saturated rings. The number of allylic oxidation sites excluding steroid dienone is 2. The van der Waals surface area contributed by atoms with Crippen LogP contribution in [-0.4, -0.2) is 171 Å². The summed E-state index contributed by atoms with van der Waals surface area (Å²) in [7, 11) is 5.70. The highest BCUT2D eigenvalue weighted by Gasteiger charge is 2.51. The molecule has 0 unspecified atom stereocenters. The number of unbranched alkanes of at least 4 members (excludes halogenated alkanes) is 3. The number of quaternary nitrogens is 1. The summed E-state index contributed by atoms with van der Waals surface area (Å²) in [6.07, 6.45) is 11.9. The number of carbonyl (C=O) groups excluding carboxylic acids is 9. The van der Waals surface area contributed by atoms with Gasteiger partial charge in [0.05, 0.1) is 60.7 Å². The molecule has 0 radical (unpaired) electrons. The lowest BCUT2D eigenvalue weighted by Crippen LogP contribution is -2.53. The van der Waals surface area contributed by atoms with E-state index in [1.807, 2.05) is 29.0 Å². The maximum absolute atomic E-state index is 15.3. The summed E-state index contributed by atoms with van der Waals surface area (Å²) < 4.78 is 31.5. The van der Waals surface area contributed by atoms with Gasteiger partial charge in [-0.25, -0.2) is 9.78 Å². The van der Waals surface area contributed by atoms with Crippen molar-refractivity contribution in [3.63, 3.8) is 0 Å². The van der Waals surface area contributed by atoms with Crippen LogP contribution in [0.3, 0.4) is 0 Å². The molecule has 1 saturated carbocycles. The zero-order chi connectivity index (χ0) is 84.7. The number of phenolic OH excluding ortho intramolecular Hbond substituents is 1. The Hall–Kier alpha value is -10.5. The summed E-state index contributed by atoms with van der Waals surface area (Å²) in [6.45, 7) is 14.6. The fraction of sp³-hybridized carbons (Fsp3) is 0.500. The number of Topliss-reactive ketones (excluding diaryl/α,β-unsaturated/α-hetero) is 3. The van der Waals surface area contributed by atoms with E-state index in [9.17, 15) is 68.4 Å². The van der Waals surface area contributed by atoms with Crippen molar-refractivity contribution < 1.29 is 91.4 Å². The van der Waals surface area contributed by atoms with Crippen molar-refractivity contribution in [1.29, 1.82) is 0 Å². The van der Waals surface area contributed by atoms with E-state index in [0.717, 1.165) is 24.0 Å². The standard InChI is InChI=1S/C88H108N8O20S/c1-48-19-16-20-49(2)84(109)93-75-79(107)71-70(72-81(53(6)78(71)106)116-87(8,83(72)108)113-39-31-64(112-11)50(3)80(114-54(7)97)52(5)77(105)51(4)76(48)104)74-82(75)115-65-45-60(44-63(99)73(65)92-74)94-37-29-61(30-38-94)96(9,10)46-55-23-25-59(26-24-55)91-85(110)56(21-17-35-90-86(89)111)42-66(100)88(33-18-34-88)67(101)43-58(57-32-40-117-47-57)41-62(98)22-14-12-13-15-36-95-68(102)27-28-69(95)103/h16,19-20,23-28,31-32,39-40,44-45,47-48,50-52,56,58,61,64,76-77,80,104-105H,12-15,17-18,21-22,29-30,33-38,41-43,46H2,1-11H3,(H6-,89,90,91,92,93,99,102,103,106,107,108,109,110,111)/p+1/b19-16+,39-31+,49-20-/t48-,50+,51+,52+,56+,58-,64-,76-,77+,80+,87-/m0/s1. The number of imide groups is 1. The van der Waals surface area contributed by atoms with Crippen LogP contribution in [0, 0.1) is 41.9 Å². The predicted molar refractivity (Wildman–Crippen MR) is 443 cm³/mol. The molecule has 6 heterocycles. The zero-order valence-electron chi connectivity index (χ0n) is 68.3. The van der Waals surface area contributed by atoms with Gasteiger partial charge in [0, 0.05) is 173 Å². The molecule has 1 saturated heterocycles. The lowest BCUT2D eigenvalue weighted by molar-refractivity contribution is -0.928. The second-order valence-electron chi connectivity index (χ2n) is 33.0. The number of aromatic nitrogens is 1. The van der Waals surface area contributed by atoms with E-state index in [-0.39, 0.29) is 123 Å². The first-order valence-corrected chi connectivity index (χ1v) is 41.3. The highest BCUT2D eigenvalue weighted by atomic mass is 32.1. The number of hydrogen-bond donors (Lipinski definition) is 8. The SMILES string of the molecule is CO[C@H]1/C=C/O[C@@]2(C)Oc3c(C)c(O)c4c(=O)c(c5oc6cc(N7CCC([N+](C)(C)Cc8ccc(NC(=O)[C@H](CCCNC(N)=O)CC(=O)C9(C(=O)C[C@H](CC(=O)CCCCCCN%10C(=O)C=CC%10=O)c%10ccsc%10)CCC9)cc8)CC7)cc(=O)c6nc5c4c3=C2O)NC(=O)/C(C)=C\C=C\[C@H](C)[C@H](O)[C@@H](C)[C@@H](O)[C@@H](C)[C@H](OC(C)=O)[C@@H]1C. The number of aromatic hydroxyl groups is 1. The molecule has 0 spiro atoms. The number of primary amides is 1. The number of aliphatic hydroxyl groups excluding tert-OH is 3. The number of piperidine rings is 1. The number of ether oxygens (including phenoxy) is 4. The van der Waals surface area contributed by atoms with Gasteiger partial charge in [0.2, 0.25) is 16.8 Å². The fourth-order valence-corrected chi connectivity index (χ4v) is 17.9. The number of benzene rings is 4. The lowest BCUT2D eigenvalue weighted by Gasteiger charge is -2.43. The van der Waals surface area contributed by atoms with Crippen LogP contribution in [0.2, 0.25) is 0 Å². The average Bonchev–Trinajstić information content (AvgIpc) is 1.63. The topological polar surface area (TPSA) is 400 Å². The number of carbonyl (C=O) groups is 9. The lowest BCUT2D eigenvalue weighted by atomic mass is 9.60. The summed E-state index contributed by atoms with van der Waals surface area (Å²) in [5.74, 6) is -10.4. The van der Waals surface area contributed by atoms with E-state index in [1.54, 1.807) is 58.0 Å². The highest BCUT2D eigenvalue weighted by molar-refractivity contribution is 7.08. The van der Waals surface area contributed by atoms with E-state index in [0.29, 0.717) is 99.8 Å². The number of urea groups is 1. The van der Waals surface area contributed by atoms with Crippen molar-refractivity contribution in [2.45, 2.75) is 200 Å². The zero-order valence-corrected chi connectivity index (χ0v) is 69.1. The highest BCUT2D eigenvalue weighted by Crippen LogP contribution is 2.48. The number of anilines is 3. The maximum atomic E-state index is 15.3. The van der Waals surface area contributed by atoms with Gasteiger partial charge in [0.1, 0.15) is 52.7 Å². The van der Waals surface area contributed by atoms with Crippen LogP contribution in [0.15, 0.2) is 116 Å². The summed E-state index contributed by atoms with van der Waals surface area (Å²) >= 11 is 1.46. The molecule has 2 aromatic heterocycles. The minimum absolute atomic E-state index is 0.00165. The monoisotopic (exact) mass is 1630 g/mol. The first-order chi connectivity index (χ1) is 55.6. The van der Waals surface area contributed by atoms with Gasteiger partial charge < -0.3 is 74.9 Å². The van der Waals surface area contributed by atoms with Gasteiger partial charge in [0.25, 0.3) is 17.7 Å². The van der Waals surface area contributed by atoms with Crippen LogP contribution in [0.4, 0.5) is 21.9 Å².